The van der Waals surface area contributed by atoms with Gasteiger partial charge in [-0.3, -0.25) is 0 Å². The molecule has 0 aromatic heterocycles. The van der Waals surface area contributed by atoms with Crippen molar-refractivity contribution in [3.05, 3.63) is 41.3 Å². The fourth-order valence-corrected chi connectivity index (χ4v) is 2.49. The summed E-state index contributed by atoms with van der Waals surface area (Å²) in [5, 5.41) is 0. The minimum atomic E-state index is -0.988. The number of hydrogen-bond donors (Lipinski definition) is 0. The van der Waals surface area contributed by atoms with Crippen molar-refractivity contribution in [1.29, 1.82) is 0 Å². The Bertz CT molecular complexity index is 585. The second-order valence-corrected chi connectivity index (χ2v) is 5.58. The monoisotopic (exact) mass is 290 g/mol. The molecule has 0 spiro atoms. The van der Waals surface area contributed by atoms with E-state index in [0.717, 1.165) is 11.3 Å². The molecule has 0 fully saturated rings. The van der Waals surface area contributed by atoms with E-state index in [1.807, 2.05) is 24.3 Å². The molecule has 0 saturated carbocycles. The molecule has 5 heteroatoms. The molecule has 21 heavy (non-hydrogen) atoms. The summed E-state index contributed by atoms with van der Waals surface area (Å²) in [6.07, 6.45) is 1.17. The maximum atomic E-state index is 11.9. The second kappa shape index (κ2) is 4.98. The predicted octanol–water partition coefficient (Wildman–Crippen LogP) is 3.07. The molecule has 1 unspecified atom stereocenters. The molecule has 5 nitrogen and oxygen atoms in total. The van der Waals surface area contributed by atoms with E-state index in [9.17, 15) is 4.79 Å². The van der Waals surface area contributed by atoms with Crippen molar-refractivity contribution >= 4 is 5.97 Å². The molecule has 2 aliphatic heterocycles. The minimum Gasteiger partial charge on any atom is -0.497 e. The van der Waals surface area contributed by atoms with E-state index in [0.29, 0.717) is 24.4 Å². The third kappa shape index (κ3) is 2.68. The summed E-state index contributed by atoms with van der Waals surface area (Å²) >= 11 is 0. The van der Waals surface area contributed by atoms with Crippen LogP contribution in [0.5, 0.6) is 5.75 Å². The van der Waals surface area contributed by atoms with Crippen LogP contribution < -0.4 is 4.74 Å². The van der Waals surface area contributed by atoms with E-state index in [4.69, 9.17) is 18.9 Å². The topological polar surface area (TPSA) is 54.0 Å². The quantitative estimate of drug-likeness (QED) is 0.783. The number of carbonyl (C=O) groups is 1. The lowest BCUT2D eigenvalue weighted by Crippen LogP contribution is -2.39. The van der Waals surface area contributed by atoms with Crippen molar-refractivity contribution in [3.63, 3.8) is 0 Å². The van der Waals surface area contributed by atoms with Crippen LogP contribution in [-0.2, 0) is 19.0 Å². The first kappa shape index (κ1) is 13.8. The Morgan fingerprint density at radius 1 is 1.19 bits per heavy atom. The van der Waals surface area contributed by atoms with E-state index in [1.165, 1.54) is 0 Å². The van der Waals surface area contributed by atoms with Gasteiger partial charge in [-0.05, 0) is 30.5 Å². The van der Waals surface area contributed by atoms with Crippen molar-refractivity contribution in [2.45, 2.75) is 38.6 Å². The fourth-order valence-electron chi connectivity index (χ4n) is 2.49. The molecule has 1 aromatic rings. The van der Waals surface area contributed by atoms with Crippen LogP contribution in [0.1, 0.15) is 38.4 Å². The van der Waals surface area contributed by atoms with Gasteiger partial charge in [-0.2, -0.15) is 0 Å². The summed E-state index contributed by atoms with van der Waals surface area (Å²) in [6.45, 7) is 3.38. The Kier molecular flexibility index (Phi) is 3.27. The number of benzene rings is 1. The molecule has 0 saturated heterocycles. The van der Waals surface area contributed by atoms with Crippen molar-refractivity contribution in [2.24, 2.45) is 0 Å². The van der Waals surface area contributed by atoms with E-state index in [-0.39, 0.29) is 12.1 Å². The van der Waals surface area contributed by atoms with Crippen molar-refractivity contribution < 1.29 is 23.7 Å². The number of carbonyl (C=O) groups excluding carboxylic acids is 1. The van der Waals surface area contributed by atoms with Crippen molar-refractivity contribution in [1.82, 2.24) is 0 Å². The highest BCUT2D eigenvalue weighted by atomic mass is 16.8. The third-order valence-electron chi connectivity index (χ3n) is 3.56. The number of cyclic esters (lactones) is 1. The molecule has 1 atom stereocenters. The first-order valence-corrected chi connectivity index (χ1v) is 6.94. The van der Waals surface area contributed by atoms with Gasteiger partial charge in [-0.1, -0.05) is 12.1 Å². The minimum absolute atomic E-state index is 0.128. The molecule has 0 N–H and O–H groups in total. The number of methoxy groups -OCH3 is 1. The molecule has 2 heterocycles. The predicted molar refractivity (Wildman–Crippen MR) is 74.3 cm³/mol. The highest BCUT2D eigenvalue weighted by Crippen LogP contribution is 2.39. The van der Waals surface area contributed by atoms with Crippen LogP contribution in [0, 0.1) is 0 Å². The maximum absolute atomic E-state index is 11.9. The van der Waals surface area contributed by atoms with Crippen LogP contribution in [0.25, 0.3) is 0 Å². The Balaban J connectivity index is 1.82. The summed E-state index contributed by atoms with van der Waals surface area (Å²) in [5.41, 5.74) is 1.52. The van der Waals surface area contributed by atoms with Gasteiger partial charge in [0.15, 0.2) is 0 Å². The maximum Gasteiger partial charge on any atom is 0.344 e. The van der Waals surface area contributed by atoms with Crippen LogP contribution in [0.3, 0.4) is 0 Å². The standard InChI is InChI=1S/C16H18O5/c1-16(2)20-14(17)12-8-9-13(19-15(12)21-16)10-4-6-11(18-3)7-5-10/h4-7,13H,8-9H2,1-3H3. The molecule has 0 aliphatic carbocycles. The second-order valence-electron chi connectivity index (χ2n) is 5.58. The zero-order valence-corrected chi connectivity index (χ0v) is 12.3. The van der Waals surface area contributed by atoms with E-state index < -0.39 is 5.79 Å². The summed E-state index contributed by atoms with van der Waals surface area (Å²) < 4.78 is 21.9. The van der Waals surface area contributed by atoms with Gasteiger partial charge in [-0.25, -0.2) is 4.79 Å². The zero-order valence-electron chi connectivity index (χ0n) is 12.3. The lowest BCUT2D eigenvalue weighted by atomic mass is 9.98. The highest BCUT2D eigenvalue weighted by molar-refractivity contribution is 5.89. The number of esters is 1. The Morgan fingerprint density at radius 2 is 1.90 bits per heavy atom. The lowest BCUT2D eigenvalue weighted by molar-refractivity contribution is -0.235. The van der Waals surface area contributed by atoms with Crippen LogP contribution in [0.4, 0.5) is 0 Å². The molecule has 0 amide bonds. The van der Waals surface area contributed by atoms with Crippen molar-refractivity contribution in [2.75, 3.05) is 7.11 Å². The summed E-state index contributed by atoms with van der Waals surface area (Å²) in [6, 6.07) is 7.70. The van der Waals surface area contributed by atoms with Crippen molar-refractivity contribution in [3.8, 4) is 5.75 Å². The zero-order chi connectivity index (χ0) is 15.0. The fraction of sp³-hybridized carbons (Fsp3) is 0.438. The largest absolute Gasteiger partial charge is 0.497 e. The van der Waals surface area contributed by atoms with Gasteiger partial charge in [0.25, 0.3) is 11.7 Å². The van der Waals surface area contributed by atoms with E-state index in [1.54, 1.807) is 21.0 Å². The molecule has 0 radical (unpaired) electrons. The van der Waals surface area contributed by atoms with Gasteiger partial charge >= 0.3 is 5.97 Å². The Labute approximate surface area is 123 Å². The lowest BCUT2D eigenvalue weighted by Gasteiger charge is -2.37. The molecule has 1 aromatic carbocycles. The average molecular weight is 290 g/mol. The molecular weight excluding hydrogens is 272 g/mol. The molecular formula is C16H18O5. The van der Waals surface area contributed by atoms with Gasteiger partial charge in [0.2, 0.25) is 0 Å². The van der Waals surface area contributed by atoms with E-state index in [2.05, 4.69) is 0 Å². The third-order valence-corrected chi connectivity index (χ3v) is 3.56. The molecule has 3 rings (SSSR count). The van der Waals surface area contributed by atoms with Crippen LogP contribution in [0.15, 0.2) is 35.8 Å². The Morgan fingerprint density at radius 3 is 2.57 bits per heavy atom. The SMILES string of the molecule is COc1ccc(C2CCC3=C(O2)OC(C)(C)OC3=O)cc1. The summed E-state index contributed by atoms with van der Waals surface area (Å²) in [4.78, 5) is 11.9. The van der Waals surface area contributed by atoms with Crippen LogP contribution in [-0.4, -0.2) is 18.9 Å². The molecule has 0 bridgehead atoms. The van der Waals surface area contributed by atoms with Gasteiger partial charge < -0.3 is 18.9 Å². The first-order chi connectivity index (χ1) is 9.98. The Hall–Kier alpha value is -2.17. The van der Waals surface area contributed by atoms with Crippen LogP contribution >= 0.6 is 0 Å². The number of rotatable bonds is 2. The first-order valence-electron chi connectivity index (χ1n) is 6.94. The van der Waals surface area contributed by atoms with Gasteiger partial charge in [0.05, 0.1) is 7.11 Å². The highest BCUT2D eigenvalue weighted by Gasteiger charge is 2.40. The normalized spacial score (nSPS) is 23.6. The van der Waals surface area contributed by atoms with Gasteiger partial charge in [0, 0.05) is 13.8 Å². The van der Waals surface area contributed by atoms with E-state index >= 15 is 0 Å². The number of ether oxygens (including phenoxy) is 4. The summed E-state index contributed by atoms with van der Waals surface area (Å²) in [7, 11) is 1.63. The average Bonchev–Trinajstić information content (AvgIpc) is 2.45. The summed E-state index contributed by atoms with van der Waals surface area (Å²) in [5.74, 6) is -0.247. The molecule has 2 aliphatic rings. The number of hydrogen-bond acceptors (Lipinski definition) is 5. The van der Waals surface area contributed by atoms with Gasteiger partial charge in [0.1, 0.15) is 17.4 Å². The van der Waals surface area contributed by atoms with Gasteiger partial charge in [-0.15, -0.1) is 0 Å². The van der Waals surface area contributed by atoms with Crippen LogP contribution in [0.2, 0.25) is 0 Å². The molecule has 112 valence electrons. The smallest absolute Gasteiger partial charge is 0.344 e.